The van der Waals surface area contributed by atoms with Gasteiger partial charge in [0.2, 0.25) is 11.8 Å². The molecular formula is C19H21BrN2O2. The molecule has 0 heterocycles. The zero-order valence-electron chi connectivity index (χ0n) is 13.8. The summed E-state index contributed by atoms with van der Waals surface area (Å²) in [5.41, 5.74) is 2.39. The first-order valence-corrected chi connectivity index (χ1v) is 8.66. The molecule has 2 aromatic rings. The zero-order valence-corrected chi connectivity index (χ0v) is 15.4. The Morgan fingerprint density at radius 2 is 1.38 bits per heavy atom. The van der Waals surface area contributed by atoms with Crippen LogP contribution < -0.4 is 10.6 Å². The van der Waals surface area contributed by atoms with Crippen LogP contribution in [0.2, 0.25) is 0 Å². The van der Waals surface area contributed by atoms with Crippen molar-refractivity contribution in [2.45, 2.75) is 26.7 Å². The molecule has 2 N–H and O–H groups in total. The first kappa shape index (κ1) is 18.2. The van der Waals surface area contributed by atoms with Crippen molar-refractivity contribution >= 4 is 39.1 Å². The van der Waals surface area contributed by atoms with E-state index in [4.69, 9.17) is 0 Å². The number of carbonyl (C=O) groups excluding carboxylic acids is 2. The number of amides is 2. The van der Waals surface area contributed by atoms with Crippen LogP contribution in [0.25, 0.3) is 0 Å². The Balaban J connectivity index is 1.87. The highest BCUT2D eigenvalue weighted by Crippen LogP contribution is 2.16. The summed E-state index contributed by atoms with van der Waals surface area (Å²) in [5, 5.41) is 5.70. The maximum absolute atomic E-state index is 12.1. The predicted molar refractivity (Wildman–Crippen MR) is 101 cm³/mol. The molecule has 126 valence electrons. The highest BCUT2D eigenvalue weighted by molar-refractivity contribution is 9.10. The fourth-order valence-corrected chi connectivity index (χ4v) is 2.48. The molecular weight excluding hydrogens is 368 g/mol. The summed E-state index contributed by atoms with van der Waals surface area (Å²) in [5.74, 6) is 0.244. The Morgan fingerprint density at radius 3 is 1.88 bits per heavy atom. The van der Waals surface area contributed by atoms with Crippen molar-refractivity contribution in [3.05, 3.63) is 58.6 Å². The van der Waals surface area contributed by atoms with Gasteiger partial charge in [-0.3, -0.25) is 9.59 Å². The molecule has 2 rings (SSSR count). The molecule has 0 aliphatic rings. The zero-order chi connectivity index (χ0) is 17.5. The largest absolute Gasteiger partial charge is 0.326 e. The second-order valence-electron chi connectivity index (χ2n) is 6.07. The molecule has 0 aliphatic heterocycles. The SMILES string of the molecule is CC(C)CC(=O)Nc1ccc(NC(=O)Cc2ccc(Br)cc2)cc1. The molecule has 0 radical (unpaired) electrons. The van der Waals surface area contributed by atoms with Gasteiger partial charge in [0, 0.05) is 22.3 Å². The number of rotatable bonds is 6. The Bertz CT molecular complexity index is 694. The third-order valence-corrected chi connectivity index (χ3v) is 3.85. The van der Waals surface area contributed by atoms with Crippen molar-refractivity contribution < 1.29 is 9.59 Å². The van der Waals surface area contributed by atoms with Gasteiger partial charge in [-0.15, -0.1) is 0 Å². The lowest BCUT2D eigenvalue weighted by Gasteiger charge is -2.09. The molecule has 5 heteroatoms. The summed E-state index contributed by atoms with van der Waals surface area (Å²) in [6.07, 6.45) is 0.811. The Hall–Kier alpha value is -2.14. The maximum atomic E-state index is 12.1. The lowest BCUT2D eigenvalue weighted by atomic mass is 10.1. The predicted octanol–water partition coefficient (Wildman–Crippen LogP) is 4.61. The number of halogens is 1. The highest BCUT2D eigenvalue weighted by atomic mass is 79.9. The van der Waals surface area contributed by atoms with Gasteiger partial charge in [0.15, 0.2) is 0 Å². The third kappa shape index (κ3) is 6.16. The van der Waals surface area contributed by atoms with Gasteiger partial charge < -0.3 is 10.6 Å². The molecule has 0 spiro atoms. The Labute approximate surface area is 150 Å². The molecule has 0 saturated heterocycles. The summed E-state index contributed by atoms with van der Waals surface area (Å²) < 4.78 is 0.988. The standard InChI is InChI=1S/C19H21BrN2O2/c1-13(2)11-18(23)21-16-7-9-17(10-8-16)22-19(24)12-14-3-5-15(20)6-4-14/h3-10,13H,11-12H2,1-2H3,(H,21,23)(H,22,24). The number of anilines is 2. The molecule has 0 fully saturated rings. The van der Waals surface area contributed by atoms with Crippen molar-refractivity contribution in [2.24, 2.45) is 5.92 Å². The minimum Gasteiger partial charge on any atom is -0.326 e. The van der Waals surface area contributed by atoms with Gasteiger partial charge in [-0.05, 0) is 47.9 Å². The van der Waals surface area contributed by atoms with Crippen molar-refractivity contribution in [3.63, 3.8) is 0 Å². The molecule has 4 nitrogen and oxygen atoms in total. The molecule has 0 bridgehead atoms. The van der Waals surface area contributed by atoms with E-state index in [0.29, 0.717) is 24.4 Å². The van der Waals surface area contributed by atoms with Crippen LogP contribution in [0, 0.1) is 5.92 Å². The van der Waals surface area contributed by atoms with E-state index in [9.17, 15) is 9.59 Å². The monoisotopic (exact) mass is 388 g/mol. The molecule has 0 aromatic heterocycles. The van der Waals surface area contributed by atoms with Gasteiger partial charge in [0.1, 0.15) is 0 Å². The van der Waals surface area contributed by atoms with Crippen molar-refractivity contribution in [2.75, 3.05) is 10.6 Å². The van der Waals surface area contributed by atoms with Crippen molar-refractivity contribution in [1.29, 1.82) is 0 Å². The summed E-state index contributed by atoms with van der Waals surface area (Å²) >= 11 is 3.37. The number of benzene rings is 2. The normalized spacial score (nSPS) is 10.5. The molecule has 2 aromatic carbocycles. The third-order valence-electron chi connectivity index (χ3n) is 3.32. The minimum absolute atomic E-state index is 0.00276. The maximum Gasteiger partial charge on any atom is 0.228 e. The second-order valence-corrected chi connectivity index (χ2v) is 6.99. The van der Waals surface area contributed by atoms with E-state index >= 15 is 0 Å². The van der Waals surface area contributed by atoms with E-state index in [1.54, 1.807) is 24.3 Å². The van der Waals surface area contributed by atoms with Crippen LogP contribution in [0.15, 0.2) is 53.0 Å². The fourth-order valence-electron chi connectivity index (χ4n) is 2.21. The van der Waals surface area contributed by atoms with Crippen LogP contribution in [0.5, 0.6) is 0 Å². The van der Waals surface area contributed by atoms with E-state index in [2.05, 4.69) is 26.6 Å². The topological polar surface area (TPSA) is 58.2 Å². The van der Waals surface area contributed by atoms with Crippen LogP contribution >= 0.6 is 15.9 Å². The van der Waals surface area contributed by atoms with Gasteiger partial charge in [-0.2, -0.15) is 0 Å². The number of hydrogen-bond acceptors (Lipinski definition) is 2. The molecule has 0 aliphatic carbocycles. The van der Waals surface area contributed by atoms with Crippen LogP contribution in [-0.2, 0) is 16.0 Å². The van der Waals surface area contributed by atoms with Gasteiger partial charge in [0.05, 0.1) is 6.42 Å². The van der Waals surface area contributed by atoms with Gasteiger partial charge >= 0.3 is 0 Å². The van der Waals surface area contributed by atoms with Crippen molar-refractivity contribution in [3.8, 4) is 0 Å². The van der Waals surface area contributed by atoms with Gasteiger partial charge in [-0.1, -0.05) is 41.9 Å². The smallest absolute Gasteiger partial charge is 0.228 e. The van der Waals surface area contributed by atoms with E-state index in [0.717, 1.165) is 15.7 Å². The van der Waals surface area contributed by atoms with E-state index < -0.39 is 0 Å². The first-order valence-electron chi connectivity index (χ1n) is 7.86. The molecule has 0 atom stereocenters. The number of hydrogen-bond donors (Lipinski definition) is 2. The quantitative estimate of drug-likeness (QED) is 0.758. The van der Waals surface area contributed by atoms with Crippen LogP contribution in [0.3, 0.4) is 0 Å². The Morgan fingerprint density at radius 1 is 0.875 bits per heavy atom. The lowest BCUT2D eigenvalue weighted by Crippen LogP contribution is -2.15. The lowest BCUT2D eigenvalue weighted by molar-refractivity contribution is -0.117. The van der Waals surface area contributed by atoms with E-state index in [-0.39, 0.29) is 11.8 Å². The summed E-state index contributed by atoms with van der Waals surface area (Å²) in [6.45, 7) is 4.01. The average molecular weight is 389 g/mol. The second kappa shape index (κ2) is 8.64. The molecule has 0 saturated carbocycles. The van der Waals surface area contributed by atoms with Crippen LogP contribution in [0.4, 0.5) is 11.4 Å². The highest BCUT2D eigenvalue weighted by Gasteiger charge is 2.07. The summed E-state index contributed by atoms with van der Waals surface area (Å²) in [6, 6.07) is 14.8. The molecule has 24 heavy (non-hydrogen) atoms. The van der Waals surface area contributed by atoms with Crippen molar-refractivity contribution in [1.82, 2.24) is 0 Å². The van der Waals surface area contributed by atoms with Crippen LogP contribution in [-0.4, -0.2) is 11.8 Å². The van der Waals surface area contributed by atoms with E-state index in [1.807, 2.05) is 38.1 Å². The molecule has 0 unspecified atom stereocenters. The fraction of sp³-hybridized carbons (Fsp3) is 0.263. The van der Waals surface area contributed by atoms with E-state index in [1.165, 1.54) is 0 Å². The average Bonchev–Trinajstić information content (AvgIpc) is 2.51. The Kier molecular flexibility index (Phi) is 6.55. The van der Waals surface area contributed by atoms with Gasteiger partial charge in [-0.25, -0.2) is 0 Å². The number of nitrogens with one attached hydrogen (secondary N) is 2. The molecule has 2 amide bonds. The summed E-state index contributed by atoms with van der Waals surface area (Å²) in [7, 11) is 0. The summed E-state index contributed by atoms with van der Waals surface area (Å²) in [4.78, 5) is 23.8. The number of carbonyl (C=O) groups is 2. The first-order chi connectivity index (χ1) is 11.4. The van der Waals surface area contributed by atoms with Gasteiger partial charge in [0.25, 0.3) is 0 Å². The minimum atomic E-state index is -0.0751. The van der Waals surface area contributed by atoms with Crippen LogP contribution in [0.1, 0.15) is 25.8 Å².